The van der Waals surface area contributed by atoms with Gasteiger partial charge in [-0.15, -0.1) is 0 Å². The molecule has 20 heavy (non-hydrogen) atoms. The van der Waals surface area contributed by atoms with Crippen LogP contribution >= 0.6 is 0 Å². The third-order valence-corrected chi connectivity index (χ3v) is 3.04. The van der Waals surface area contributed by atoms with Gasteiger partial charge in [-0.05, 0) is 45.0 Å². The monoisotopic (exact) mass is 274 g/mol. The Balaban J connectivity index is 2.14. The Bertz CT molecular complexity index is 619. The van der Waals surface area contributed by atoms with Crippen molar-refractivity contribution in [3.05, 3.63) is 47.0 Å². The molecular formula is C15H18N2O3. The van der Waals surface area contributed by atoms with Gasteiger partial charge in [-0.1, -0.05) is 0 Å². The van der Waals surface area contributed by atoms with Crippen molar-refractivity contribution < 1.29 is 13.9 Å². The van der Waals surface area contributed by atoms with Crippen LogP contribution in [0.4, 0.5) is 5.82 Å². The fourth-order valence-corrected chi connectivity index (χ4v) is 1.95. The first-order valence-corrected chi connectivity index (χ1v) is 6.40. The summed E-state index contributed by atoms with van der Waals surface area (Å²) in [4.78, 5) is 15.9. The summed E-state index contributed by atoms with van der Waals surface area (Å²) in [5.41, 5.74) is 1.10. The fraction of sp³-hybridized carbons (Fsp3) is 0.333. The van der Waals surface area contributed by atoms with Crippen LogP contribution in [0.15, 0.2) is 28.7 Å². The lowest BCUT2D eigenvalue weighted by molar-refractivity contribution is 0.0599. The number of anilines is 1. The zero-order chi connectivity index (χ0) is 14.7. The molecule has 1 unspecified atom stereocenters. The Hall–Kier alpha value is -2.30. The van der Waals surface area contributed by atoms with Gasteiger partial charge in [0.1, 0.15) is 17.3 Å². The fourth-order valence-electron chi connectivity index (χ4n) is 1.95. The number of carbonyl (C=O) groups is 1. The lowest BCUT2D eigenvalue weighted by Gasteiger charge is -2.13. The van der Waals surface area contributed by atoms with Crippen LogP contribution in [-0.4, -0.2) is 18.1 Å². The zero-order valence-electron chi connectivity index (χ0n) is 12.1. The quantitative estimate of drug-likeness (QED) is 0.867. The van der Waals surface area contributed by atoms with Gasteiger partial charge in [-0.2, -0.15) is 0 Å². The van der Waals surface area contributed by atoms with Crippen molar-refractivity contribution in [2.24, 2.45) is 0 Å². The Labute approximate surface area is 118 Å². The summed E-state index contributed by atoms with van der Waals surface area (Å²) < 4.78 is 10.3. The van der Waals surface area contributed by atoms with Gasteiger partial charge < -0.3 is 14.5 Å². The van der Waals surface area contributed by atoms with Gasteiger partial charge in [-0.25, -0.2) is 9.78 Å². The minimum absolute atomic E-state index is 0.000392. The first-order valence-electron chi connectivity index (χ1n) is 6.40. The molecule has 2 aromatic heterocycles. The number of aromatic nitrogens is 1. The second-order valence-electron chi connectivity index (χ2n) is 4.64. The van der Waals surface area contributed by atoms with Crippen molar-refractivity contribution in [1.29, 1.82) is 0 Å². The summed E-state index contributed by atoms with van der Waals surface area (Å²) in [6.45, 7) is 5.67. The number of nitrogens with one attached hydrogen (secondary N) is 1. The third kappa shape index (κ3) is 2.99. The Morgan fingerprint density at radius 1 is 1.30 bits per heavy atom. The first-order chi connectivity index (χ1) is 9.51. The van der Waals surface area contributed by atoms with Crippen LogP contribution in [0.1, 0.15) is 40.5 Å². The van der Waals surface area contributed by atoms with E-state index in [4.69, 9.17) is 9.15 Å². The Kier molecular flexibility index (Phi) is 4.08. The summed E-state index contributed by atoms with van der Waals surface area (Å²) >= 11 is 0. The van der Waals surface area contributed by atoms with Crippen LogP contribution in [0.5, 0.6) is 0 Å². The summed E-state index contributed by atoms with van der Waals surface area (Å²) in [6, 6.07) is 7.32. The van der Waals surface area contributed by atoms with Crippen molar-refractivity contribution in [2.45, 2.75) is 26.8 Å². The topological polar surface area (TPSA) is 64.4 Å². The lowest BCUT2D eigenvalue weighted by atomic mass is 10.2. The normalized spacial score (nSPS) is 12.0. The molecule has 0 saturated carbocycles. The molecule has 0 aliphatic carbocycles. The summed E-state index contributed by atoms with van der Waals surface area (Å²) in [7, 11) is 1.36. The molecule has 0 bridgehead atoms. The molecular weight excluding hydrogens is 256 g/mol. The number of hydrogen-bond acceptors (Lipinski definition) is 5. The standard InChI is InChI=1S/C15H18N2O3/c1-9-5-7-13(20-9)11(3)17-14-8-6-12(10(2)16-14)15(18)19-4/h5-8,11H,1-4H3,(H,16,17). The predicted molar refractivity (Wildman–Crippen MR) is 75.8 cm³/mol. The number of aryl methyl sites for hydroxylation is 2. The molecule has 2 aromatic rings. The van der Waals surface area contributed by atoms with E-state index >= 15 is 0 Å². The number of nitrogens with zero attached hydrogens (tertiary/aromatic N) is 1. The maximum absolute atomic E-state index is 11.5. The number of rotatable bonds is 4. The molecule has 0 saturated heterocycles. The van der Waals surface area contributed by atoms with Crippen LogP contribution in [0.3, 0.4) is 0 Å². The third-order valence-electron chi connectivity index (χ3n) is 3.04. The molecule has 106 valence electrons. The number of furan rings is 1. The largest absolute Gasteiger partial charge is 0.465 e. The molecule has 0 fully saturated rings. The van der Waals surface area contributed by atoms with Gasteiger partial charge in [0.15, 0.2) is 0 Å². The maximum Gasteiger partial charge on any atom is 0.339 e. The van der Waals surface area contributed by atoms with E-state index in [9.17, 15) is 4.79 Å². The molecule has 1 N–H and O–H groups in total. The second kappa shape index (κ2) is 5.77. The molecule has 2 heterocycles. The van der Waals surface area contributed by atoms with E-state index in [0.29, 0.717) is 17.1 Å². The van der Waals surface area contributed by atoms with Crippen LogP contribution in [0.25, 0.3) is 0 Å². The highest BCUT2D eigenvalue weighted by Crippen LogP contribution is 2.21. The minimum atomic E-state index is -0.378. The van der Waals surface area contributed by atoms with Crippen LogP contribution in [0.2, 0.25) is 0 Å². The number of pyridine rings is 1. The van der Waals surface area contributed by atoms with E-state index in [1.54, 1.807) is 19.1 Å². The van der Waals surface area contributed by atoms with Crippen molar-refractivity contribution in [3.8, 4) is 0 Å². The molecule has 5 heteroatoms. The molecule has 0 radical (unpaired) electrons. The number of hydrogen-bond donors (Lipinski definition) is 1. The first kappa shape index (κ1) is 14.1. The van der Waals surface area contributed by atoms with Crippen molar-refractivity contribution in [3.63, 3.8) is 0 Å². The Morgan fingerprint density at radius 3 is 2.60 bits per heavy atom. The van der Waals surface area contributed by atoms with E-state index in [1.807, 2.05) is 26.0 Å². The number of methoxy groups -OCH3 is 1. The molecule has 0 amide bonds. The van der Waals surface area contributed by atoms with Gasteiger partial charge in [0, 0.05) is 0 Å². The molecule has 1 atom stereocenters. The van der Waals surface area contributed by atoms with Gasteiger partial charge in [0.25, 0.3) is 0 Å². The highest BCUT2D eigenvalue weighted by molar-refractivity contribution is 5.90. The van der Waals surface area contributed by atoms with Crippen molar-refractivity contribution >= 4 is 11.8 Å². The molecule has 0 aliphatic rings. The van der Waals surface area contributed by atoms with Gasteiger partial charge in [0.05, 0.1) is 24.4 Å². The summed E-state index contributed by atoms with van der Waals surface area (Å²) in [5.74, 6) is 2.03. The van der Waals surface area contributed by atoms with Crippen molar-refractivity contribution in [1.82, 2.24) is 4.98 Å². The van der Waals surface area contributed by atoms with Crippen LogP contribution in [-0.2, 0) is 4.74 Å². The average molecular weight is 274 g/mol. The number of ether oxygens (including phenoxy) is 1. The highest BCUT2D eigenvalue weighted by atomic mass is 16.5. The van der Waals surface area contributed by atoms with Crippen LogP contribution < -0.4 is 5.32 Å². The predicted octanol–water partition coefficient (Wildman–Crippen LogP) is 3.25. The van der Waals surface area contributed by atoms with Gasteiger partial charge >= 0.3 is 5.97 Å². The highest BCUT2D eigenvalue weighted by Gasteiger charge is 2.13. The minimum Gasteiger partial charge on any atom is -0.465 e. The summed E-state index contributed by atoms with van der Waals surface area (Å²) in [5, 5.41) is 3.24. The lowest BCUT2D eigenvalue weighted by Crippen LogP contribution is -2.10. The maximum atomic E-state index is 11.5. The number of esters is 1. The summed E-state index contributed by atoms with van der Waals surface area (Å²) in [6.07, 6.45) is 0. The smallest absolute Gasteiger partial charge is 0.339 e. The van der Waals surface area contributed by atoms with E-state index in [0.717, 1.165) is 11.5 Å². The Morgan fingerprint density at radius 2 is 2.05 bits per heavy atom. The molecule has 0 aliphatic heterocycles. The molecule has 5 nitrogen and oxygen atoms in total. The second-order valence-corrected chi connectivity index (χ2v) is 4.64. The van der Waals surface area contributed by atoms with Gasteiger partial charge in [-0.3, -0.25) is 0 Å². The SMILES string of the molecule is COC(=O)c1ccc(NC(C)c2ccc(C)o2)nc1C. The number of carbonyl (C=O) groups excluding carboxylic acids is 1. The van der Waals surface area contributed by atoms with E-state index < -0.39 is 0 Å². The molecule has 2 rings (SSSR count). The van der Waals surface area contributed by atoms with Gasteiger partial charge in [0.2, 0.25) is 0 Å². The zero-order valence-corrected chi connectivity index (χ0v) is 12.1. The van der Waals surface area contributed by atoms with E-state index in [-0.39, 0.29) is 12.0 Å². The van der Waals surface area contributed by atoms with Crippen molar-refractivity contribution in [2.75, 3.05) is 12.4 Å². The molecule has 0 aromatic carbocycles. The van der Waals surface area contributed by atoms with E-state index in [1.165, 1.54) is 7.11 Å². The molecule has 0 spiro atoms. The van der Waals surface area contributed by atoms with E-state index in [2.05, 4.69) is 10.3 Å². The van der Waals surface area contributed by atoms with Crippen LogP contribution in [0, 0.1) is 13.8 Å². The average Bonchev–Trinajstić information content (AvgIpc) is 2.85.